The van der Waals surface area contributed by atoms with E-state index in [4.69, 9.17) is 4.74 Å². The highest BCUT2D eigenvalue weighted by Gasteiger charge is 2.25. The van der Waals surface area contributed by atoms with Crippen molar-refractivity contribution >= 4 is 11.9 Å². The average molecular weight is 238 g/mol. The van der Waals surface area contributed by atoms with Crippen LogP contribution in [-0.4, -0.2) is 21.7 Å². The van der Waals surface area contributed by atoms with E-state index >= 15 is 0 Å². The maximum absolute atomic E-state index is 11.4. The quantitative estimate of drug-likeness (QED) is 0.591. The number of nitrogens with zero attached hydrogens (tertiary/aromatic N) is 2. The van der Waals surface area contributed by atoms with E-state index in [0.717, 1.165) is 5.56 Å². The van der Waals surface area contributed by atoms with Gasteiger partial charge in [-0.25, -0.2) is 0 Å². The first kappa shape index (κ1) is 13.4. The summed E-state index contributed by atoms with van der Waals surface area (Å²) in [6.07, 6.45) is 4.25. The number of carbonyl (C=O) groups is 2. The molecule has 0 bridgehead atoms. The molecule has 0 saturated heterocycles. The molecule has 5 nitrogen and oxygen atoms in total. The van der Waals surface area contributed by atoms with Crippen LogP contribution >= 0.6 is 0 Å². The Morgan fingerprint density at radius 2 is 2.06 bits per heavy atom. The van der Waals surface area contributed by atoms with Crippen molar-refractivity contribution in [3.8, 4) is 0 Å². The van der Waals surface area contributed by atoms with Gasteiger partial charge < -0.3 is 4.74 Å². The molecule has 1 aromatic rings. The summed E-state index contributed by atoms with van der Waals surface area (Å²) in [4.78, 5) is 22.8. The van der Waals surface area contributed by atoms with Crippen LogP contribution < -0.4 is 0 Å². The Hall–Kier alpha value is -1.65. The first-order valence-electron chi connectivity index (χ1n) is 5.51. The molecule has 0 aliphatic rings. The highest BCUT2D eigenvalue weighted by atomic mass is 16.6. The highest BCUT2D eigenvalue weighted by molar-refractivity contribution is 5.88. The first-order chi connectivity index (χ1) is 7.79. The molecular weight excluding hydrogens is 220 g/mol. The molecule has 0 spiro atoms. The number of hydrogen-bond donors (Lipinski definition) is 0. The fourth-order valence-electron chi connectivity index (χ4n) is 1.15. The van der Waals surface area contributed by atoms with Crippen LogP contribution in [0.5, 0.6) is 0 Å². The fraction of sp³-hybridized carbons (Fsp3) is 0.583. The lowest BCUT2D eigenvalue weighted by Gasteiger charge is -2.14. The zero-order chi connectivity index (χ0) is 13.1. The summed E-state index contributed by atoms with van der Waals surface area (Å²) < 4.78 is 6.41. The molecule has 0 aliphatic heterocycles. The Bertz CT molecular complexity index is 416. The summed E-state index contributed by atoms with van der Waals surface area (Å²) in [7, 11) is 1.81. The molecule has 0 N–H and O–H groups in total. The molecule has 0 saturated carbocycles. The van der Waals surface area contributed by atoms with E-state index in [2.05, 4.69) is 5.10 Å². The Morgan fingerprint density at radius 1 is 1.41 bits per heavy atom. The summed E-state index contributed by atoms with van der Waals surface area (Å²) in [6.45, 7) is 5.14. The van der Waals surface area contributed by atoms with Crippen LogP contribution in [0.25, 0.3) is 0 Å². The molecule has 1 rings (SSSR count). The second-order valence-corrected chi connectivity index (χ2v) is 5.03. The van der Waals surface area contributed by atoms with Crippen LogP contribution in [0.15, 0.2) is 12.4 Å². The lowest BCUT2D eigenvalue weighted by molar-refractivity contribution is -0.165. The highest BCUT2D eigenvalue weighted by Crippen LogP contribution is 2.15. The van der Waals surface area contributed by atoms with Crippen LogP contribution in [-0.2, 0) is 27.8 Å². The van der Waals surface area contributed by atoms with Crippen LogP contribution in [0.2, 0.25) is 0 Å². The van der Waals surface area contributed by atoms with Gasteiger partial charge in [0.2, 0.25) is 0 Å². The monoisotopic (exact) mass is 238 g/mol. The van der Waals surface area contributed by atoms with Crippen molar-refractivity contribution in [3.05, 3.63) is 18.0 Å². The minimum Gasteiger partial charge on any atom is -0.393 e. The van der Waals surface area contributed by atoms with Gasteiger partial charge >= 0.3 is 11.9 Å². The van der Waals surface area contributed by atoms with E-state index in [0.29, 0.717) is 6.42 Å². The van der Waals surface area contributed by atoms with Gasteiger partial charge in [-0.05, 0) is 32.8 Å². The summed E-state index contributed by atoms with van der Waals surface area (Å²) in [5.41, 5.74) is 0.303. The third kappa shape index (κ3) is 4.38. The van der Waals surface area contributed by atoms with Crippen LogP contribution in [0.1, 0.15) is 32.8 Å². The number of rotatable bonds is 3. The molecule has 1 heterocycles. The van der Waals surface area contributed by atoms with Gasteiger partial charge in [-0.15, -0.1) is 0 Å². The van der Waals surface area contributed by atoms with Crippen molar-refractivity contribution in [1.82, 2.24) is 9.78 Å². The number of aryl methyl sites for hydroxylation is 2. The van der Waals surface area contributed by atoms with Crippen molar-refractivity contribution in [1.29, 1.82) is 0 Å². The van der Waals surface area contributed by atoms with Crippen LogP contribution in [0, 0.1) is 5.41 Å². The fourth-order valence-corrected chi connectivity index (χ4v) is 1.15. The SMILES string of the molecule is Cn1cc(CCC(=O)OC(=O)C(C)(C)C)cn1. The summed E-state index contributed by atoms with van der Waals surface area (Å²) in [5, 5.41) is 3.99. The van der Waals surface area contributed by atoms with E-state index in [1.165, 1.54) is 0 Å². The molecule has 94 valence electrons. The molecular formula is C12H18N2O3. The number of aromatic nitrogens is 2. The largest absolute Gasteiger partial charge is 0.393 e. The zero-order valence-corrected chi connectivity index (χ0v) is 10.7. The van der Waals surface area contributed by atoms with E-state index in [9.17, 15) is 9.59 Å². The van der Waals surface area contributed by atoms with E-state index in [1.807, 2.05) is 13.2 Å². The first-order valence-corrected chi connectivity index (χ1v) is 5.51. The van der Waals surface area contributed by atoms with Gasteiger partial charge in [0.25, 0.3) is 0 Å². The Labute approximate surface area is 101 Å². The predicted octanol–water partition coefficient (Wildman–Crippen LogP) is 1.47. The predicted molar refractivity (Wildman–Crippen MR) is 62.1 cm³/mol. The van der Waals surface area contributed by atoms with E-state index < -0.39 is 17.4 Å². The lowest BCUT2D eigenvalue weighted by Crippen LogP contribution is -2.25. The number of hydrogen-bond acceptors (Lipinski definition) is 4. The molecule has 0 unspecified atom stereocenters. The second kappa shape index (κ2) is 5.12. The minimum absolute atomic E-state index is 0.188. The standard InChI is InChI=1S/C12H18N2O3/c1-12(2,3)11(16)17-10(15)6-5-9-7-13-14(4)8-9/h7-8H,5-6H2,1-4H3. The van der Waals surface area contributed by atoms with E-state index in [1.54, 1.807) is 31.6 Å². The Kier molecular flexibility index (Phi) is 4.04. The summed E-state index contributed by atoms with van der Waals surface area (Å²) in [6, 6.07) is 0. The van der Waals surface area contributed by atoms with Gasteiger partial charge in [0.15, 0.2) is 0 Å². The third-order valence-electron chi connectivity index (χ3n) is 2.20. The molecule has 0 aliphatic carbocycles. The van der Waals surface area contributed by atoms with Gasteiger partial charge in [0.05, 0.1) is 18.0 Å². The van der Waals surface area contributed by atoms with Crippen molar-refractivity contribution in [2.75, 3.05) is 0 Å². The van der Waals surface area contributed by atoms with Crippen molar-refractivity contribution in [2.45, 2.75) is 33.6 Å². The molecule has 17 heavy (non-hydrogen) atoms. The topological polar surface area (TPSA) is 61.2 Å². The smallest absolute Gasteiger partial charge is 0.318 e. The van der Waals surface area contributed by atoms with E-state index in [-0.39, 0.29) is 6.42 Å². The van der Waals surface area contributed by atoms with Crippen LogP contribution in [0.4, 0.5) is 0 Å². The average Bonchev–Trinajstić information content (AvgIpc) is 2.60. The molecule has 0 atom stereocenters. The second-order valence-electron chi connectivity index (χ2n) is 5.03. The lowest BCUT2D eigenvalue weighted by atomic mass is 9.97. The van der Waals surface area contributed by atoms with Gasteiger partial charge in [-0.1, -0.05) is 0 Å². The number of carbonyl (C=O) groups excluding carboxylic acids is 2. The van der Waals surface area contributed by atoms with Crippen molar-refractivity contribution in [2.24, 2.45) is 12.5 Å². The molecule has 1 aromatic heterocycles. The Balaban J connectivity index is 2.38. The number of ether oxygens (including phenoxy) is 1. The van der Waals surface area contributed by atoms with Gasteiger partial charge in [-0.3, -0.25) is 14.3 Å². The number of esters is 2. The van der Waals surface area contributed by atoms with Crippen LogP contribution in [0.3, 0.4) is 0 Å². The zero-order valence-electron chi connectivity index (χ0n) is 10.7. The Morgan fingerprint density at radius 3 is 2.53 bits per heavy atom. The summed E-state index contributed by atoms with van der Waals surface area (Å²) >= 11 is 0. The maximum atomic E-state index is 11.4. The molecule has 0 amide bonds. The summed E-state index contributed by atoms with van der Waals surface area (Å²) in [5.74, 6) is -0.984. The molecule has 5 heteroatoms. The minimum atomic E-state index is -0.649. The van der Waals surface area contributed by atoms with Gasteiger partial charge in [-0.2, -0.15) is 5.10 Å². The van der Waals surface area contributed by atoms with Crippen molar-refractivity contribution in [3.63, 3.8) is 0 Å². The normalized spacial score (nSPS) is 11.3. The molecule has 0 aromatic carbocycles. The molecule has 0 fully saturated rings. The maximum Gasteiger partial charge on any atom is 0.318 e. The van der Waals surface area contributed by atoms with Crippen molar-refractivity contribution < 1.29 is 14.3 Å². The molecule has 0 radical (unpaired) electrons. The van der Waals surface area contributed by atoms with Gasteiger partial charge in [0.1, 0.15) is 0 Å². The van der Waals surface area contributed by atoms with Gasteiger partial charge in [0, 0.05) is 13.2 Å². The third-order valence-corrected chi connectivity index (χ3v) is 2.20.